The minimum absolute atomic E-state index is 0.131. The van der Waals surface area contributed by atoms with E-state index in [1.165, 1.54) is 12.1 Å². The van der Waals surface area contributed by atoms with E-state index < -0.39 is 11.2 Å². The minimum atomic E-state index is -0.621. The van der Waals surface area contributed by atoms with Crippen molar-refractivity contribution in [3.63, 3.8) is 0 Å². The SMILES string of the molecule is CCC(CC)(CN)C(=O)Nc1ccc(OCCOC)c(F)c1. The number of carbonyl (C=O) groups excluding carboxylic acids is 1. The molecule has 1 rings (SSSR count). The largest absolute Gasteiger partial charge is 0.488 e. The zero-order chi connectivity index (χ0) is 16.6. The summed E-state index contributed by atoms with van der Waals surface area (Å²) >= 11 is 0. The van der Waals surface area contributed by atoms with E-state index in [2.05, 4.69) is 5.32 Å². The van der Waals surface area contributed by atoms with E-state index in [9.17, 15) is 9.18 Å². The number of anilines is 1. The van der Waals surface area contributed by atoms with Gasteiger partial charge in [-0.25, -0.2) is 4.39 Å². The van der Waals surface area contributed by atoms with Crippen LogP contribution in [0, 0.1) is 11.2 Å². The number of rotatable bonds is 9. The number of nitrogens with one attached hydrogen (secondary N) is 1. The molecule has 0 saturated carbocycles. The Morgan fingerprint density at radius 2 is 2.00 bits per heavy atom. The normalized spacial score (nSPS) is 11.3. The van der Waals surface area contributed by atoms with Gasteiger partial charge in [0.1, 0.15) is 6.61 Å². The first-order valence-electron chi connectivity index (χ1n) is 7.45. The molecule has 0 fully saturated rings. The van der Waals surface area contributed by atoms with Crippen molar-refractivity contribution in [3.05, 3.63) is 24.0 Å². The number of amides is 1. The standard InChI is InChI=1S/C16H25FN2O3/c1-4-16(5-2,11-18)15(20)19-12-6-7-14(13(17)10-12)22-9-8-21-3/h6-7,10H,4-5,8-9,11,18H2,1-3H3,(H,19,20). The summed E-state index contributed by atoms with van der Waals surface area (Å²) in [6, 6.07) is 4.34. The zero-order valence-corrected chi connectivity index (χ0v) is 13.4. The third kappa shape index (κ3) is 4.42. The predicted octanol–water partition coefficient (Wildman–Crippen LogP) is 2.55. The number of benzene rings is 1. The number of methoxy groups -OCH3 is 1. The molecule has 1 aromatic rings. The molecule has 0 heterocycles. The molecule has 0 unspecified atom stereocenters. The molecular formula is C16H25FN2O3. The maximum Gasteiger partial charge on any atom is 0.231 e. The summed E-state index contributed by atoms with van der Waals surface area (Å²) in [5, 5.41) is 2.73. The van der Waals surface area contributed by atoms with Gasteiger partial charge in [0.25, 0.3) is 0 Å². The fraction of sp³-hybridized carbons (Fsp3) is 0.562. The fourth-order valence-corrected chi connectivity index (χ4v) is 2.15. The van der Waals surface area contributed by atoms with Gasteiger partial charge in [-0.2, -0.15) is 0 Å². The molecule has 0 aliphatic rings. The monoisotopic (exact) mass is 312 g/mol. The van der Waals surface area contributed by atoms with E-state index in [0.717, 1.165) is 0 Å². The first-order valence-corrected chi connectivity index (χ1v) is 7.45. The third-order valence-corrected chi connectivity index (χ3v) is 3.96. The lowest BCUT2D eigenvalue weighted by Crippen LogP contribution is -2.41. The van der Waals surface area contributed by atoms with Crippen LogP contribution >= 0.6 is 0 Å². The van der Waals surface area contributed by atoms with Crippen molar-refractivity contribution in [2.24, 2.45) is 11.1 Å². The third-order valence-electron chi connectivity index (χ3n) is 3.96. The van der Waals surface area contributed by atoms with Crippen LogP contribution in [0.25, 0.3) is 0 Å². The predicted molar refractivity (Wildman–Crippen MR) is 84.5 cm³/mol. The molecule has 0 aliphatic carbocycles. The molecule has 3 N–H and O–H groups in total. The van der Waals surface area contributed by atoms with Gasteiger partial charge in [0.2, 0.25) is 5.91 Å². The van der Waals surface area contributed by atoms with Crippen LogP contribution in [0.1, 0.15) is 26.7 Å². The molecule has 1 aromatic carbocycles. The summed E-state index contributed by atoms with van der Waals surface area (Å²) in [5.41, 5.74) is 5.51. The van der Waals surface area contributed by atoms with Gasteiger partial charge in [-0.1, -0.05) is 13.8 Å². The Kier molecular flexibility index (Phi) is 7.27. The molecule has 5 nitrogen and oxygen atoms in total. The minimum Gasteiger partial charge on any atom is -0.488 e. The van der Waals surface area contributed by atoms with Crippen molar-refractivity contribution in [3.8, 4) is 5.75 Å². The smallest absolute Gasteiger partial charge is 0.231 e. The maximum atomic E-state index is 13.9. The summed E-state index contributed by atoms with van der Waals surface area (Å²) in [5.74, 6) is -0.584. The number of nitrogens with two attached hydrogens (primary N) is 1. The highest BCUT2D eigenvalue weighted by molar-refractivity contribution is 5.95. The molecule has 0 bridgehead atoms. The van der Waals surface area contributed by atoms with E-state index in [1.807, 2.05) is 13.8 Å². The number of ether oxygens (including phenoxy) is 2. The maximum absolute atomic E-state index is 13.9. The Labute approximate surface area is 131 Å². The van der Waals surface area contributed by atoms with E-state index in [-0.39, 0.29) is 24.8 Å². The second kappa shape index (κ2) is 8.70. The molecule has 0 saturated heterocycles. The zero-order valence-electron chi connectivity index (χ0n) is 13.4. The Hall–Kier alpha value is -1.66. The van der Waals surface area contributed by atoms with Crippen molar-refractivity contribution < 1.29 is 18.7 Å². The van der Waals surface area contributed by atoms with Gasteiger partial charge in [-0.3, -0.25) is 4.79 Å². The van der Waals surface area contributed by atoms with Gasteiger partial charge < -0.3 is 20.5 Å². The van der Waals surface area contributed by atoms with Crippen LogP contribution in [-0.4, -0.2) is 32.8 Å². The lowest BCUT2D eigenvalue weighted by atomic mass is 9.81. The molecule has 1 amide bonds. The number of hydrogen-bond acceptors (Lipinski definition) is 4. The quantitative estimate of drug-likeness (QED) is 0.687. The molecule has 0 aromatic heterocycles. The Morgan fingerprint density at radius 3 is 2.50 bits per heavy atom. The fourth-order valence-electron chi connectivity index (χ4n) is 2.15. The van der Waals surface area contributed by atoms with E-state index in [4.69, 9.17) is 15.2 Å². The van der Waals surface area contributed by atoms with Gasteiger partial charge in [0.15, 0.2) is 11.6 Å². The second-order valence-corrected chi connectivity index (χ2v) is 5.13. The Balaban J connectivity index is 2.78. The highest BCUT2D eigenvalue weighted by Crippen LogP contribution is 2.28. The first-order chi connectivity index (χ1) is 10.5. The summed E-state index contributed by atoms with van der Waals surface area (Å²) in [7, 11) is 1.55. The summed E-state index contributed by atoms with van der Waals surface area (Å²) in [6.45, 7) is 4.74. The summed E-state index contributed by atoms with van der Waals surface area (Å²) in [6.07, 6.45) is 1.26. The number of halogens is 1. The van der Waals surface area contributed by atoms with Gasteiger partial charge in [-0.15, -0.1) is 0 Å². The molecule has 6 heteroatoms. The molecule has 0 atom stereocenters. The lowest BCUT2D eigenvalue weighted by molar-refractivity contribution is -0.125. The molecule has 0 spiro atoms. The van der Waals surface area contributed by atoms with Gasteiger partial charge in [-0.05, 0) is 25.0 Å². The van der Waals surface area contributed by atoms with Crippen LogP contribution in [0.15, 0.2) is 18.2 Å². The molecule has 22 heavy (non-hydrogen) atoms. The van der Waals surface area contributed by atoms with E-state index in [1.54, 1.807) is 13.2 Å². The van der Waals surface area contributed by atoms with Crippen LogP contribution in [0.2, 0.25) is 0 Å². The van der Waals surface area contributed by atoms with Crippen molar-refractivity contribution in [2.45, 2.75) is 26.7 Å². The average molecular weight is 312 g/mol. The second-order valence-electron chi connectivity index (χ2n) is 5.13. The number of carbonyl (C=O) groups is 1. The molecular weight excluding hydrogens is 287 g/mol. The van der Waals surface area contributed by atoms with Crippen LogP contribution in [0.4, 0.5) is 10.1 Å². The highest BCUT2D eigenvalue weighted by atomic mass is 19.1. The van der Waals surface area contributed by atoms with Crippen molar-refractivity contribution in [1.82, 2.24) is 0 Å². The van der Waals surface area contributed by atoms with Gasteiger partial charge in [0.05, 0.1) is 12.0 Å². The van der Waals surface area contributed by atoms with Crippen LogP contribution in [0.3, 0.4) is 0 Å². The van der Waals surface area contributed by atoms with Crippen LogP contribution in [0.5, 0.6) is 5.75 Å². The summed E-state index contributed by atoms with van der Waals surface area (Å²) in [4.78, 5) is 12.4. The van der Waals surface area contributed by atoms with Crippen molar-refractivity contribution in [1.29, 1.82) is 0 Å². The molecule has 0 radical (unpaired) electrons. The topological polar surface area (TPSA) is 73.6 Å². The molecule has 124 valence electrons. The van der Waals surface area contributed by atoms with E-state index >= 15 is 0 Å². The van der Waals surface area contributed by atoms with Gasteiger partial charge >= 0.3 is 0 Å². The highest BCUT2D eigenvalue weighted by Gasteiger charge is 2.33. The number of hydrogen-bond donors (Lipinski definition) is 2. The average Bonchev–Trinajstić information content (AvgIpc) is 2.52. The Morgan fingerprint density at radius 1 is 1.32 bits per heavy atom. The lowest BCUT2D eigenvalue weighted by Gasteiger charge is -2.28. The first kappa shape index (κ1) is 18.4. The molecule has 0 aliphatic heterocycles. The van der Waals surface area contributed by atoms with E-state index in [0.29, 0.717) is 25.1 Å². The van der Waals surface area contributed by atoms with Crippen molar-refractivity contribution >= 4 is 11.6 Å². The van der Waals surface area contributed by atoms with Crippen LogP contribution in [-0.2, 0) is 9.53 Å². The Bertz CT molecular complexity index is 482. The van der Waals surface area contributed by atoms with Crippen LogP contribution < -0.4 is 15.8 Å². The summed E-state index contributed by atoms with van der Waals surface area (Å²) < 4.78 is 24.0. The van der Waals surface area contributed by atoms with Gasteiger partial charge in [0, 0.05) is 25.4 Å². The van der Waals surface area contributed by atoms with Crippen molar-refractivity contribution in [2.75, 3.05) is 32.2 Å².